The van der Waals surface area contributed by atoms with Crippen molar-refractivity contribution in [1.82, 2.24) is 15.2 Å². The predicted molar refractivity (Wildman–Crippen MR) is 87.1 cm³/mol. The van der Waals surface area contributed by atoms with Gasteiger partial charge in [-0.2, -0.15) is 0 Å². The van der Waals surface area contributed by atoms with Gasteiger partial charge in [0.05, 0.1) is 13.2 Å². The molecule has 0 spiro atoms. The Morgan fingerprint density at radius 2 is 2.13 bits per heavy atom. The molecular formula is C17H22FN3O2. The summed E-state index contributed by atoms with van der Waals surface area (Å²) < 4.78 is 19.1. The van der Waals surface area contributed by atoms with Gasteiger partial charge in [0.1, 0.15) is 11.5 Å². The number of benzene rings is 1. The van der Waals surface area contributed by atoms with Crippen LogP contribution in [-0.4, -0.2) is 54.2 Å². The first-order valence-electron chi connectivity index (χ1n) is 7.85. The van der Waals surface area contributed by atoms with Gasteiger partial charge in [0.25, 0.3) is 5.91 Å². The number of nitrogens with one attached hydrogen (secondary N) is 2. The number of aromatic nitrogens is 1. The molecular weight excluding hydrogens is 297 g/mol. The fraction of sp³-hybridized carbons (Fsp3) is 0.471. The van der Waals surface area contributed by atoms with Crippen molar-refractivity contribution in [2.45, 2.75) is 19.4 Å². The summed E-state index contributed by atoms with van der Waals surface area (Å²) in [6.45, 7) is 7.88. The fourth-order valence-electron chi connectivity index (χ4n) is 2.91. The number of rotatable bonds is 4. The Balaban J connectivity index is 1.67. The molecule has 6 heteroatoms. The van der Waals surface area contributed by atoms with E-state index in [0.29, 0.717) is 23.1 Å². The fourth-order valence-corrected chi connectivity index (χ4v) is 2.91. The number of amides is 1. The second kappa shape index (κ2) is 6.29. The number of aromatic amines is 1. The number of carbonyl (C=O) groups is 1. The molecule has 3 rings (SSSR count). The summed E-state index contributed by atoms with van der Waals surface area (Å²) in [7, 11) is 0. The SMILES string of the molecule is CC(C)(CNC(=O)c1cc2c(F)cccc2[nH]1)N1CCOCC1. The Kier molecular flexibility index (Phi) is 4.37. The monoisotopic (exact) mass is 319 g/mol. The zero-order valence-corrected chi connectivity index (χ0v) is 13.5. The lowest BCUT2D eigenvalue weighted by Crippen LogP contribution is -2.55. The summed E-state index contributed by atoms with van der Waals surface area (Å²) >= 11 is 0. The number of nitrogens with zero attached hydrogens (tertiary/aromatic N) is 1. The molecule has 0 saturated carbocycles. The van der Waals surface area contributed by atoms with Gasteiger partial charge in [-0.25, -0.2) is 4.39 Å². The number of ether oxygens (including phenoxy) is 1. The van der Waals surface area contributed by atoms with Crippen LogP contribution in [0.4, 0.5) is 4.39 Å². The quantitative estimate of drug-likeness (QED) is 0.908. The first kappa shape index (κ1) is 16.0. The summed E-state index contributed by atoms with van der Waals surface area (Å²) in [5.74, 6) is -0.548. The Bertz CT molecular complexity index is 705. The lowest BCUT2D eigenvalue weighted by Gasteiger charge is -2.40. The van der Waals surface area contributed by atoms with Crippen LogP contribution in [0.15, 0.2) is 24.3 Å². The van der Waals surface area contributed by atoms with Crippen molar-refractivity contribution in [3.05, 3.63) is 35.8 Å². The first-order valence-corrected chi connectivity index (χ1v) is 7.85. The second-order valence-corrected chi connectivity index (χ2v) is 6.48. The van der Waals surface area contributed by atoms with Gasteiger partial charge < -0.3 is 15.0 Å². The third kappa shape index (κ3) is 3.38. The van der Waals surface area contributed by atoms with Crippen LogP contribution in [0.5, 0.6) is 0 Å². The molecule has 1 aromatic heterocycles. The largest absolute Gasteiger partial charge is 0.379 e. The number of carbonyl (C=O) groups excluding carboxylic acids is 1. The third-order valence-corrected chi connectivity index (χ3v) is 4.40. The third-order valence-electron chi connectivity index (χ3n) is 4.40. The molecule has 1 aliphatic rings. The Hall–Kier alpha value is -1.92. The topological polar surface area (TPSA) is 57.4 Å². The van der Waals surface area contributed by atoms with E-state index in [4.69, 9.17) is 4.74 Å². The minimum Gasteiger partial charge on any atom is -0.379 e. The number of H-pyrrole nitrogens is 1. The average molecular weight is 319 g/mol. The molecule has 5 nitrogen and oxygen atoms in total. The number of hydrogen-bond acceptors (Lipinski definition) is 3. The highest BCUT2D eigenvalue weighted by Crippen LogP contribution is 2.19. The number of hydrogen-bond donors (Lipinski definition) is 2. The molecule has 1 saturated heterocycles. The minimum absolute atomic E-state index is 0.156. The average Bonchev–Trinajstić information content (AvgIpc) is 2.99. The maximum atomic E-state index is 13.7. The van der Waals surface area contributed by atoms with Gasteiger partial charge in [0, 0.05) is 36.1 Å². The number of halogens is 1. The van der Waals surface area contributed by atoms with E-state index in [1.807, 2.05) is 0 Å². The molecule has 1 aliphatic heterocycles. The number of fused-ring (bicyclic) bond motifs is 1. The normalized spacial score (nSPS) is 16.7. The van der Waals surface area contributed by atoms with Crippen LogP contribution in [0.3, 0.4) is 0 Å². The maximum Gasteiger partial charge on any atom is 0.267 e. The Morgan fingerprint density at radius 3 is 2.83 bits per heavy atom. The van der Waals surface area contributed by atoms with E-state index in [-0.39, 0.29) is 17.3 Å². The summed E-state index contributed by atoms with van der Waals surface area (Å²) in [5.41, 5.74) is 0.849. The maximum absolute atomic E-state index is 13.7. The van der Waals surface area contributed by atoms with Gasteiger partial charge >= 0.3 is 0 Å². The lowest BCUT2D eigenvalue weighted by atomic mass is 10.0. The highest BCUT2D eigenvalue weighted by molar-refractivity contribution is 5.98. The summed E-state index contributed by atoms with van der Waals surface area (Å²) in [4.78, 5) is 17.6. The molecule has 0 aliphatic carbocycles. The lowest BCUT2D eigenvalue weighted by molar-refractivity contribution is -0.00924. The van der Waals surface area contributed by atoms with E-state index in [2.05, 4.69) is 29.0 Å². The van der Waals surface area contributed by atoms with Crippen molar-refractivity contribution in [2.24, 2.45) is 0 Å². The van der Waals surface area contributed by atoms with E-state index in [9.17, 15) is 9.18 Å². The van der Waals surface area contributed by atoms with E-state index in [0.717, 1.165) is 26.3 Å². The molecule has 0 radical (unpaired) electrons. The molecule has 0 bridgehead atoms. The minimum atomic E-state index is -0.327. The zero-order chi connectivity index (χ0) is 16.4. The van der Waals surface area contributed by atoms with E-state index in [1.165, 1.54) is 6.07 Å². The van der Waals surface area contributed by atoms with E-state index < -0.39 is 0 Å². The molecule has 1 amide bonds. The first-order chi connectivity index (χ1) is 11.0. The van der Waals surface area contributed by atoms with Crippen LogP contribution < -0.4 is 5.32 Å². The Morgan fingerprint density at radius 1 is 1.39 bits per heavy atom. The van der Waals surface area contributed by atoms with Gasteiger partial charge in [-0.3, -0.25) is 9.69 Å². The molecule has 23 heavy (non-hydrogen) atoms. The second-order valence-electron chi connectivity index (χ2n) is 6.48. The Labute approximate surface area is 134 Å². The van der Waals surface area contributed by atoms with Crippen LogP contribution in [-0.2, 0) is 4.74 Å². The van der Waals surface area contributed by atoms with Gasteiger partial charge in [-0.05, 0) is 32.0 Å². The smallest absolute Gasteiger partial charge is 0.267 e. The zero-order valence-electron chi connectivity index (χ0n) is 13.5. The standard InChI is InChI=1S/C17H22FN3O2/c1-17(2,21-6-8-23-9-7-21)11-19-16(22)15-10-12-13(18)4-3-5-14(12)20-15/h3-5,10,20H,6-9,11H2,1-2H3,(H,19,22). The van der Waals surface area contributed by atoms with Crippen LogP contribution in [0.1, 0.15) is 24.3 Å². The van der Waals surface area contributed by atoms with Crippen molar-refractivity contribution >= 4 is 16.8 Å². The van der Waals surface area contributed by atoms with Crippen LogP contribution in [0.25, 0.3) is 10.9 Å². The van der Waals surface area contributed by atoms with Crippen molar-refractivity contribution < 1.29 is 13.9 Å². The molecule has 2 heterocycles. The van der Waals surface area contributed by atoms with Gasteiger partial charge in [0.2, 0.25) is 0 Å². The number of morpholine rings is 1. The molecule has 0 unspecified atom stereocenters. The van der Waals surface area contributed by atoms with Gasteiger partial charge in [-0.1, -0.05) is 6.07 Å². The van der Waals surface area contributed by atoms with Crippen molar-refractivity contribution in [3.63, 3.8) is 0 Å². The van der Waals surface area contributed by atoms with Gasteiger partial charge in [0.15, 0.2) is 0 Å². The highest BCUT2D eigenvalue weighted by Gasteiger charge is 2.28. The van der Waals surface area contributed by atoms with Crippen molar-refractivity contribution in [1.29, 1.82) is 0 Å². The predicted octanol–water partition coefficient (Wildman–Crippen LogP) is 2.15. The molecule has 1 fully saturated rings. The van der Waals surface area contributed by atoms with Crippen LogP contribution >= 0.6 is 0 Å². The van der Waals surface area contributed by atoms with Gasteiger partial charge in [-0.15, -0.1) is 0 Å². The molecule has 2 N–H and O–H groups in total. The molecule has 0 atom stereocenters. The molecule has 2 aromatic rings. The summed E-state index contributed by atoms with van der Waals surface area (Å²) in [5, 5.41) is 3.38. The molecule has 124 valence electrons. The molecule has 1 aromatic carbocycles. The van der Waals surface area contributed by atoms with Crippen LogP contribution in [0, 0.1) is 5.82 Å². The summed E-state index contributed by atoms with van der Waals surface area (Å²) in [6.07, 6.45) is 0. The highest BCUT2D eigenvalue weighted by atomic mass is 19.1. The summed E-state index contributed by atoms with van der Waals surface area (Å²) in [6, 6.07) is 6.32. The van der Waals surface area contributed by atoms with Crippen molar-refractivity contribution in [2.75, 3.05) is 32.8 Å². The van der Waals surface area contributed by atoms with Crippen molar-refractivity contribution in [3.8, 4) is 0 Å². The van der Waals surface area contributed by atoms with E-state index in [1.54, 1.807) is 18.2 Å². The van der Waals surface area contributed by atoms with E-state index >= 15 is 0 Å². The van der Waals surface area contributed by atoms with Crippen LogP contribution in [0.2, 0.25) is 0 Å².